The number of fused-ring (bicyclic) bond motifs is 1. The summed E-state index contributed by atoms with van der Waals surface area (Å²) in [5.74, 6) is 3.05. The summed E-state index contributed by atoms with van der Waals surface area (Å²) in [7, 11) is 0. The third-order valence-corrected chi connectivity index (χ3v) is 4.51. The van der Waals surface area contributed by atoms with Gasteiger partial charge in [0.1, 0.15) is 5.82 Å². The van der Waals surface area contributed by atoms with Gasteiger partial charge >= 0.3 is 0 Å². The van der Waals surface area contributed by atoms with Gasteiger partial charge in [-0.2, -0.15) is 0 Å². The van der Waals surface area contributed by atoms with E-state index in [1.165, 1.54) is 0 Å². The lowest BCUT2D eigenvalue weighted by molar-refractivity contribution is 0.937. The zero-order chi connectivity index (χ0) is 19.5. The number of hydrogen-bond acceptors (Lipinski definition) is 3. The Bertz CT molecular complexity index is 1280. The summed E-state index contributed by atoms with van der Waals surface area (Å²) >= 11 is 5.94. The van der Waals surface area contributed by atoms with Gasteiger partial charge in [0, 0.05) is 16.8 Å². The molecule has 0 aliphatic heterocycles. The molecule has 0 saturated heterocycles. The quantitative estimate of drug-likeness (QED) is 0.486. The van der Waals surface area contributed by atoms with Crippen LogP contribution in [0.4, 0.5) is 0 Å². The number of aromatic nitrogens is 3. The van der Waals surface area contributed by atoms with E-state index >= 15 is 0 Å². The number of rotatable bonds is 3. The van der Waals surface area contributed by atoms with Crippen molar-refractivity contribution in [3.05, 3.63) is 99.2 Å². The molecule has 4 rings (SSSR count). The number of halogens is 1. The number of nitrogens with zero attached hydrogens (tertiary/aromatic N) is 3. The molecule has 2 aromatic carbocycles. The van der Waals surface area contributed by atoms with Crippen LogP contribution in [0, 0.1) is 12.3 Å². The molecule has 0 bridgehead atoms. The van der Waals surface area contributed by atoms with Gasteiger partial charge in [-0.1, -0.05) is 35.7 Å². The summed E-state index contributed by atoms with van der Waals surface area (Å²) in [6.07, 6.45) is 10.7. The molecule has 4 aromatic rings. The minimum atomic E-state index is -0.192. The molecule has 0 saturated carbocycles. The fraction of sp³-hybridized carbons (Fsp3) is 0. The molecule has 0 N–H and O–H groups in total. The molecule has 0 radical (unpaired) electrons. The van der Waals surface area contributed by atoms with Gasteiger partial charge in [0.05, 0.1) is 11.1 Å². The van der Waals surface area contributed by atoms with Gasteiger partial charge in [-0.15, -0.1) is 6.42 Å². The minimum absolute atomic E-state index is 0.192. The van der Waals surface area contributed by atoms with Crippen LogP contribution < -0.4 is 5.56 Å². The highest BCUT2D eigenvalue weighted by Crippen LogP contribution is 2.16. The molecule has 28 heavy (non-hydrogen) atoms. The Balaban J connectivity index is 1.91. The summed E-state index contributed by atoms with van der Waals surface area (Å²) in [6.45, 7) is 0. The van der Waals surface area contributed by atoms with E-state index < -0.39 is 0 Å². The maximum absolute atomic E-state index is 13.2. The zero-order valence-corrected chi connectivity index (χ0v) is 15.5. The number of pyridine rings is 1. The molecule has 2 aromatic heterocycles. The third-order valence-electron chi connectivity index (χ3n) is 4.26. The van der Waals surface area contributed by atoms with Crippen LogP contribution in [0.5, 0.6) is 0 Å². The van der Waals surface area contributed by atoms with E-state index in [1.807, 2.05) is 30.3 Å². The molecular weight excluding hydrogens is 370 g/mol. The maximum atomic E-state index is 13.2. The van der Waals surface area contributed by atoms with E-state index in [0.717, 1.165) is 11.1 Å². The van der Waals surface area contributed by atoms with Crippen molar-refractivity contribution in [3.63, 3.8) is 0 Å². The molecule has 2 heterocycles. The van der Waals surface area contributed by atoms with Crippen molar-refractivity contribution in [2.24, 2.45) is 0 Å². The molecule has 0 aliphatic rings. The summed E-state index contributed by atoms with van der Waals surface area (Å²) in [4.78, 5) is 22.0. The average Bonchev–Trinajstić information content (AvgIpc) is 2.74. The Morgan fingerprint density at radius 3 is 2.46 bits per heavy atom. The summed E-state index contributed by atoms with van der Waals surface area (Å²) in [5.41, 5.74) is 2.57. The molecule has 0 fully saturated rings. The predicted octanol–water partition coefficient (Wildman–Crippen LogP) is 4.59. The summed E-state index contributed by atoms with van der Waals surface area (Å²) < 4.78 is 1.55. The fourth-order valence-electron chi connectivity index (χ4n) is 2.85. The molecule has 5 heteroatoms. The van der Waals surface area contributed by atoms with Crippen LogP contribution in [0.25, 0.3) is 28.9 Å². The normalized spacial score (nSPS) is 11.0. The first-order valence-corrected chi connectivity index (χ1v) is 8.92. The zero-order valence-electron chi connectivity index (χ0n) is 14.7. The third kappa shape index (κ3) is 3.44. The predicted molar refractivity (Wildman–Crippen MR) is 113 cm³/mol. The second kappa shape index (κ2) is 7.51. The van der Waals surface area contributed by atoms with Gasteiger partial charge in [-0.25, -0.2) is 9.97 Å². The second-order valence-corrected chi connectivity index (χ2v) is 6.50. The largest absolute Gasteiger partial charge is 0.268 e. The van der Waals surface area contributed by atoms with Crippen LogP contribution in [0.1, 0.15) is 17.0 Å². The minimum Gasteiger partial charge on any atom is -0.268 e. The van der Waals surface area contributed by atoms with Crippen LogP contribution in [0.15, 0.2) is 71.7 Å². The van der Waals surface area contributed by atoms with Crippen molar-refractivity contribution in [2.75, 3.05) is 0 Å². The standard InChI is InChI=1S/C23H14ClN3O/c1-2-16-7-12-19(13-8-16)27-21(14-9-17-5-10-18(24)11-6-17)26-22-20(23(27)28)4-3-15-25-22/h1,3-15H. The monoisotopic (exact) mass is 383 g/mol. The first kappa shape index (κ1) is 17.7. The number of benzene rings is 2. The summed E-state index contributed by atoms with van der Waals surface area (Å²) in [6, 6.07) is 18.0. The van der Waals surface area contributed by atoms with Crippen molar-refractivity contribution in [1.29, 1.82) is 0 Å². The molecule has 0 unspecified atom stereocenters. The second-order valence-electron chi connectivity index (χ2n) is 6.06. The maximum Gasteiger partial charge on any atom is 0.267 e. The topological polar surface area (TPSA) is 47.8 Å². The average molecular weight is 384 g/mol. The lowest BCUT2D eigenvalue weighted by Gasteiger charge is -2.11. The van der Waals surface area contributed by atoms with Crippen LogP contribution >= 0.6 is 11.6 Å². The van der Waals surface area contributed by atoms with E-state index in [-0.39, 0.29) is 5.56 Å². The van der Waals surface area contributed by atoms with Crippen molar-refractivity contribution in [2.45, 2.75) is 0 Å². The lowest BCUT2D eigenvalue weighted by Crippen LogP contribution is -2.22. The van der Waals surface area contributed by atoms with Gasteiger partial charge in [-0.05, 0) is 60.2 Å². The Labute approximate surface area is 166 Å². The smallest absolute Gasteiger partial charge is 0.267 e. The highest BCUT2D eigenvalue weighted by molar-refractivity contribution is 6.30. The van der Waals surface area contributed by atoms with Gasteiger partial charge in [0.2, 0.25) is 0 Å². The Morgan fingerprint density at radius 1 is 1.00 bits per heavy atom. The lowest BCUT2D eigenvalue weighted by atomic mass is 10.2. The highest BCUT2D eigenvalue weighted by Gasteiger charge is 2.11. The first-order valence-electron chi connectivity index (χ1n) is 8.54. The van der Waals surface area contributed by atoms with Gasteiger partial charge in [-0.3, -0.25) is 9.36 Å². The highest BCUT2D eigenvalue weighted by atomic mass is 35.5. The molecule has 0 amide bonds. The first-order chi connectivity index (χ1) is 13.7. The Morgan fingerprint density at radius 2 is 1.75 bits per heavy atom. The van der Waals surface area contributed by atoms with Gasteiger partial charge in [0.25, 0.3) is 5.56 Å². The van der Waals surface area contributed by atoms with Crippen molar-refractivity contribution >= 4 is 34.8 Å². The van der Waals surface area contributed by atoms with Crippen molar-refractivity contribution in [1.82, 2.24) is 14.5 Å². The number of hydrogen-bond donors (Lipinski definition) is 0. The molecule has 0 spiro atoms. The summed E-state index contributed by atoms with van der Waals surface area (Å²) in [5, 5.41) is 1.11. The SMILES string of the molecule is C#Cc1ccc(-n2c(C=Cc3ccc(Cl)cc3)nc3ncccc3c2=O)cc1. The molecule has 0 aliphatic carbocycles. The van der Waals surface area contributed by atoms with Crippen molar-refractivity contribution in [3.8, 4) is 18.0 Å². The Hall–Kier alpha value is -3.68. The number of terminal acetylenes is 1. The fourth-order valence-corrected chi connectivity index (χ4v) is 2.97. The Kier molecular flexibility index (Phi) is 4.76. The van der Waals surface area contributed by atoms with Gasteiger partial charge < -0.3 is 0 Å². The van der Waals surface area contributed by atoms with E-state index in [2.05, 4.69) is 15.9 Å². The van der Waals surface area contributed by atoms with E-state index in [4.69, 9.17) is 18.0 Å². The van der Waals surface area contributed by atoms with Crippen LogP contribution in [-0.4, -0.2) is 14.5 Å². The van der Waals surface area contributed by atoms with Gasteiger partial charge in [0.15, 0.2) is 5.65 Å². The van der Waals surface area contributed by atoms with E-state index in [1.54, 1.807) is 53.2 Å². The van der Waals surface area contributed by atoms with E-state index in [0.29, 0.717) is 27.6 Å². The molecular formula is C23H14ClN3O. The molecule has 134 valence electrons. The van der Waals surface area contributed by atoms with Crippen LogP contribution in [0.2, 0.25) is 5.02 Å². The van der Waals surface area contributed by atoms with Crippen molar-refractivity contribution < 1.29 is 0 Å². The van der Waals surface area contributed by atoms with Crippen LogP contribution in [0.3, 0.4) is 0 Å². The van der Waals surface area contributed by atoms with E-state index in [9.17, 15) is 4.79 Å². The molecule has 4 nitrogen and oxygen atoms in total. The molecule has 0 atom stereocenters. The van der Waals surface area contributed by atoms with Crippen LogP contribution in [-0.2, 0) is 0 Å².